The molecule has 0 fully saturated rings. The van der Waals surface area contributed by atoms with Crippen molar-refractivity contribution in [3.8, 4) is 11.5 Å². The first kappa shape index (κ1) is 17.0. The van der Waals surface area contributed by atoms with Crippen LogP contribution < -0.4 is 15.2 Å². The predicted molar refractivity (Wildman–Crippen MR) is 93.7 cm³/mol. The van der Waals surface area contributed by atoms with Crippen LogP contribution in [-0.4, -0.2) is 24.4 Å². The molecule has 0 saturated heterocycles. The van der Waals surface area contributed by atoms with E-state index in [1.54, 1.807) is 14.2 Å². The van der Waals surface area contributed by atoms with Gasteiger partial charge in [0.15, 0.2) is 17.3 Å². The number of nitrogens with zero attached hydrogens (tertiary/aromatic N) is 2. The van der Waals surface area contributed by atoms with E-state index in [1.807, 2.05) is 48.5 Å². The van der Waals surface area contributed by atoms with Gasteiger partial charge in [-0.05, 0) is 23.3 Å². The third kappa shape index (κ3) is 4.16. The maximum absolute atomic E-state index is 6.20. The van der Waals surface area contributed by atoms with Crippen LogP contribution >= 0.6 is 0 Å². The Morgan fingerprint density at radius 3 is 2.52 bits per heavy atom. The highest BCUT2D eigenvalue weighted by Crippen LogP contribution is 2.28. The Balaban J connectivity index is 1.67. The summed E-state index contributed by atoms with van der Waals surface area (Å²) in [7, 11) is 3.22. The molecule has 1 atom stereocenters. The van der Waals surface area contributed by atoms with E-state index in [0.717, 1.165) is 11.1 Å². The molecule has 2 N–H and O–H groups in total. The summed E-state index contributed by atoms with van der Waals surface area (Å²) in [4.78, 5) is 4.44. The summed E-state index contributed by atoms with van der Waals surface area (Å²) < 4.78 is 15.9. The summed E-state index contributed by atoms with van der Waals surface area (Å²) in [6.45, 7) is 0. The first-order chi connectivity index (χ1) is 12.2. The third-order valence-electron chi connectivity index (χ3n) is 3.94. The number of rotatable bonds is 7. The zero-order chi connectivity index (χ0) is 17.6. The molecule has 130 valence electrons. The molecule has 0 aliphatic rings. The topological polar surface area (TPSA) is 83.4 Å². The lowest BCUT2D eigenvalue weighted by Crippen LogP contribution is -2.13. The lowest BCUT2D eigenvalue weighted by Gasteiger charge is -2.08. The molecular weight excluding hydrogens is 318 g/mol. The van der Waals surface area contributed by atoms with Gasteiger partial charge in [-0.3, -0.25) is 0 Å². The van der Waals surface area contributed by atoms with Gasteiger partial charge in [0.05, 0.1) is 14.2 Å². The Kier molecular flexibility index (Phi) is 5.30. The number of hydrogen-bond donors (Lipinski definition) is 1. The van der Waals surface area contributed by atoms with Crippen LogP contribution in [-0.2, 0) is 12.8 Å². The van der Waals surface area contributed by atoms with E-state index in [4.69, 9.17) is 19.7 Å². The van der Waals surface area contributed by atoms with Crippen molar-refractivity contribution in [2.45, 2.75) is 18.9 Å². The smallest absolute Gasteiger partial charge is 0.228 e. The Labute approximate surface area is 146 Å². The molecule has 3 aromatic rings. The SMILES string of the molecule is COc1ccc(Cc2noc(CC(N)c3ccccc3)n2)cc1OC. The van der Waals surface area contributed by atoms with Gasteiger partial charge in [0.1, 0.15) is 0 Å². The molecular formula is C19H21N3O3. The van der Waals surface area contributed by atoms with Crippen molar-refractivity contribution in [1.82, 2.24) is 10.1 Å². The van der Waals surface area contributed by atoms with E-state index < -0.39 is 0 Å². The minimum absolute atomic E-state index is 0.171. The summed E-state index contributed by atoms with van der Waals surface area (Å²) in [6.07, 6.45) is 1.05. The second-order valence-corrected chi connectivity index (χ2v) is 5.69. The molecule has 1 heterocycles. The van der Waals surface area contributed by atoms with Crippen molar-refractivity contribution < 1.29 is 14.0 Å². The lowest BCUT2D eigenvalue weighted by molar-refractivity contribution is 0.354. The Bertz CT molecular complexity index is 818. The lowest BCUT2D eigenvalue weighted by atomic mass is 10.1. The molecule has 2 aromatic carbocycles. The average molecular weight is 339 g/mol. The van der Waals surface area contributed by atoms with Gasteiger partial charge in [-0.2, -0.15) is 4.98 Å². The van der Waals surface area contributed by atoms with E-state index >= 15 is 0 Å². The van der Waals surface area contributed by atoms with Crippen LogP contribution in [0.1, 0.15) is 28.9 Å². The standard InChI is InChI=1S/C19H21N3O3/c1-23-16-9-8-13(10-17(16)24-2)11-18-21-19(25-22-18)12-15(20)14-6-4-3-5-7-14/h3-10,15H,11-12,20H2,1-2H3. The van der Waals surface area contributed by atoms with Crippen LogP contribution in [0.2, 0.25) is 0 Å². The average Bonchev–Trinajstić information content (AvgIpc) is 3.09. The van der Waals surface area contributed by atoms with Crippen molar-refractivity contribution >= 4 is 0 Å². The second-order valence-electron chi connectivity index (χ2n) is 5.69. The van der Waals surface area contributed by atoms with E-state index in [9.17, 15) is 0 Å². The number of aromatic nitrogens is 2. The highest BCUT2D eigenvalue weighted by Gasteiger charge is 2.14. The minimum Gasteiger partial charge on any atom is -0.493 e. The molecule has 0 aliphatic heterocycles. The third-order valence-corrected chi connectivity index (χ3v) is 3.94. The number of ether oxygens (including phenoxy) is 2. The van der Waals surface area contributed by atoms with Gasteiger partial charge in [-0.25, -0.2) is 0 Å². The Hall–Kier alpha value is -2.86. The number of nitrogens with two attached hydrogens (primary N) is 1. The molecule has 0 spiro atoms. The molecule has 1 aromatic heterocycles. The fourth-order valence-electron chi connectivity index (χ4n) is 2.62. The van der Waals surface area contributed by atoms with Crippen LogP contribution in [0.25, 0.3) is 0 Å². The molecule has 0 amide bonds. The maximum Gasteiger partial charge on any atom is 0.228 e. The second kappa shape index (κ2) is 7.81. The molecule has 0 bridgehead atoms. The largest absolute Gasteiger partial charge is 0.493 e. The van der Waals surface area contributed by atoms with Gasteiger partial charge in [-0.1, -0.05) is 41.6 Å². The molecule has 3 rings (SSSR count). The molecule has 0 radical (unpaired) electrons. The van der Waals surface area contributed by atoms with E-state index in [0.29, 0.717) is 36.1 Å². The van der Waals surface area contributed by atoms with Crippen LogP contribution in [0, 0.1) is 0 Å². The molecule has 6 heteroatoms. The van der Waals surface area contributed by atoms with Gasteiger partial charge in [0, 0.05) is 18.9 Å². The van der Waals surface area contributed by atoms with Crippen molar-refractivity contribution in [1.29, 1.82) is 0 Å². The predicted octanol–water partition coefficient (Wildman–Crippen LogP) is 2.92. The fraction of sp³-hybridized carbons (Fsp3) is 0.263. The Morgan fingerprint density at radius 2 is 1.80 bits per heavy atom. The first-order valence-electron chi connectivity index (χ1n) is 8.02. The monoisotopic (exact) mass is 339 g/mol. The van der Waals surface area contributed by atoms with Crippen LogP contribution in [0.5, 0.6) is 11.5 Å². The first-order valence-corrected chi connectivity index (χ1v) is 8.02. The minimum atomic E-state index is -0.171. The van der Waals surface area contributed by atoms with Gasteiger partial charge in [-0.15, -0.1) is 0 Å². The van der Waals surface area contributed by atoms with E-state index in [1.165, 1.54) is 0 Å². The van der Waals surface area contributed by atoms with Crippen LogP contribution in [0.4, 0.5) is 0 Å². The van der Waals surface area contributed by atoms with E-state index in [-0.39, 0.29) is 6.04 Å². The number of benzene rings is 2. The van der Waals surface area contributed by atoms with Crippen LogP contribution in [0.15, 0.2) is 53.1 Å². The Morgan fingerprint density at radius 1 is 1.04 bits per heavy atom. The summed E-state index contributed by atoms with van der Waals surface area (Å²) >= 11 is 0. The van der Waals surface area contributed by atoms with Gasteiger partial charge in [0.25, 0.3) is 0 Å². The van der Waals surface area contributed by atoms with Crippen molar-refractivity contribution in [2.75, 3.05) is 14.2 Å². The number of hydrogen-bond acceptors (Lipinski definition) is 6. The van der Waals surface area contributed by atoms with Crippen molar-refractivity contribution in [3.05, 3.63) is 71.4 Å². The molecule has 0 saturated carbocycles. The molecule has 0 aliphatic carbocycles. The van der Waals surface area contributed by atoms with Crippen molar-refractivity contribution in [3.63, 3.8) is 0 Å². The summed E-state index contributed by atoms with van der Waals surface area (Å²) in [5, 5.41) is 4.04. The van der Waals surface area contributed by atoms with Crippen LogP contribution in [0.3, 0.4) is 0 Å². The highest BCUT2D eigenvalue weighted by molar-refractivity contribution is 5.43. The maximum atomic E-state index is 6.20. The quantitative estimate of drug-likeness (QED) is 0.712. The van der Waals surface area contributed by atoms with Gasteiger partial charge < -0.3 is 19.7 Å². The summed E-state index contributed by atoms with van der Waals surface area (Å²) in [5.41, 5.74) is 8.26. The van der Waals surface area contributed by atoms with Crippen molar-refractivity contribution in [2.24, 2.45) is 5.73 Å². The van der Waals surface area contributed by atoms with Gasteiger partial charge >= 0.3 is 0 Å². The van der Waals surface area contributed by atoms with E-state index in [2.05, 4.69) is 10.1 Å². The molecule has 1 unspecified atom stereocenters. The number of methoxy groups -OCH3 is 2. The fourth-order valence-corrected chi connectivity index (χ4v) is 2.62. The summed E-state index contributed by atoms with van der Waals surface area (Å²) in [6, 6.07) is 15.4. The zero-order valence-corrected chi connectivity index (χ0v) is 14.3. The normalized spacial score (nSPS) is 12.0. The highest BCUT2D eigenvalue weighted by atomic mass is 16.5. The van der Waals surface area contributed by atoms with Gasteiger partial charge in [0.2, 0.25) is 5.89 Å². The summed E-state index contributed by atoms with van der Waals surface area (Å²) in [5.74, 6) is 2.51. The zero-order valence-electron chi connectivity index (χ0n) is 14.3. The molecule has 6 nitrogen and oxygen atoms in total. The molecule has 25 heavy (non-hydrogen) atoms.